The molecule has 0 amide bonds. The molecule has 24 heavy (non-hydrogen) atoms. The summed E-state index contributed by atoms with van der Waals surface area (Å²) in [6.07, 6.45) is 3.80. The van der Waals surface area contributed by atoms with Gasteiger partial charge in [0, 0.05) is 48.7 Å². The van der Waals surface area contributed by atoms with Gasteiger partial charge < -0.3 is 9.47 Å². The molecule has 3 rings (SSSR count). The topological polar surface area (TPSA) is 74.5 Å². The lowest BCUT2D eigenvalue weighted by atomic mass is 9.96. The van der Waals surface area contributed by atoms with Crippen molar-refractivity contribution in [3.63, 3.8) is 0 Å². The largest absolute Gasteiger partial charge is 0.487 e. The fraction of sp³-hybridized carbons (Fsp3) is 0.353. The number of aromatic nitrogens is 1. The van der Waals surface area contributed by atoms with Crippen LogP contribution in [-0.2, 0) is 11.3 Å². The number of benzene rings is 1. The fourth-order valence-corrected chi connectivity index (χ4v) is 2.87. The number of pyridine rings is 1. The lowest BCUT2D eigenvalue weighted by Gasteiger charge is -2.21. The lowest BCUT2D eigenvalue weighted by molar-refractivity contribution is -0.384. The minimum atomic E-state index is -0.491. The van der Waals surface area contributed by atoms with Gasteiger partial charge in [0.2, 0.25) is 0 Å². The van der Waals surface area contributed by atoms with Gasteiger partial charge in [-0.05, 0) is 25.0 Å². The van der Waals surface area contributed by atoms with E-state index in [1.807, 2.05) is 12.1 Å². The summed E-state index contributed by atoms with van der Waals surface area (Å²) >= 11 is 6.01. The van der Waals surface area contributed by atoms with Gasteiger partial charge in [-0.25, -0.2) is 0 Å². The van der Waals surface area contributed by atoms with Crippen molar-refractivity contribution in [2.75, 3.05) is 13.2 Å². The van der Waals surface area contributed by atoms with Crippen LogP contribution in [0.5, 0.6) is 5.75 Å². The average molecular weight is 349 g/mol. The van der Waals surface area contributed by atoms with Crippen molar-refractivity contribution in [3.05, 3.63) is 62.9 Å². The van der Waals surface area contributed by atoms with Crippen LogP contribution in [0.2, 0.25) is 5.02 Å². The molecular weight excluding hydrogens is 332 g/mol. The maximum atomic E-state index is 10.7. The van der Waals surface area contributed by atoms with Gasteiger partial charge in [0.25, 0.3) is 5.69 Å². The molecule has 0 spiro atoms. The lowest BCUT2D eigenvalue weighted by Crippen LogP contribution is -2.15. The van der Waals surface area contributed by atoms with Crippen LogP contribution in [-0.4, -0.2) is 23.1 Å². The molecule has 2 heterocycles. The maximum absolute atomic E-state index is 10.7. The molecule has 0 bridgehead atoms. The molecule has 0 radical (unpaired) electrons. The highest BCUT2D eigenvalue weighted by molar-refractivity contribution is 6.32. The molecule has 0 N–H and O–H groups in total. The third-order valence-corrected chi connectivity index (χ3v) is 4.30. The predicted octanol–water partition coefficient (Wildman–Crippen LogP) is 4.12. The van der Waals surface area contributed by atoms with Crippen molar-refractivity contribution >= 4 is 17.3 Å². The molecule has 0 atom stereocenters. The zero-order valence-electron chi connectivity index (χ0n) is 13.0. The quantitative estimate of drug-likeness (QED) is 0.600. The average Bonchev–Trinajstić information content (AvgIpc) is 2.62. The van der Waals surface area contributed by atoms with E-state index in [2.05, 4.69) is 4.98 Å². The highest BCUT2D eigenvalue weighted by Crippen LogP contribution is 2.29. The molecule has 1 aliphatic rings. The predicted molar refractivity (Wildman–Crippen MR) is 89.5 cm³/mol. The van der Waals surface area contributed by atoms with Gasteiger partial charge in [-0.3, -0.25) is 15.1 Å². The van der Waals surface area contributed by atoms with Crippen LogP contribution in [0.1, 0.15) is 30.0 Å². The molecular formula is C17H17ClN2O4. The van der Waals surface area contributed by atoms with Gasteiger partial charge in [0.15, 0.2) is 0 Å². The van der Waals surface area contributed by atoms with Crippen molar-refractivity contribution in [1.29, 1.82) is 0 Å². The second-order valence-corrected chi connectivity index (χ2v) is 6.05. The normalized spacial score (nSPS) is 15.2. The minimum Gasteiger partial charge on any atom is -0.487 e. The van der Waals surface area contributed by atoms with Crippen LogP contribution in [0.3, 0.4) is 0 Å². The zero-order valence-corrected chi connectivity index (χ0v) is 13.7. The Morgan fingerprint density at radius 2 is 2.08 bits per heavy atom. The molecule has 1 aromatic heterocycles. The van der Waals surface area contributed by atoms with E-state index in [-0.39, 0.29) is 10.7 Å². The standard InChI is InChI=1S/C17H17ClN2O4/c18-15-9-14(20(21)22)2-4-17(15)24-11-12-1-3-16(19-10-12)13-5-7-23-8-6-13/h1-4,9-10,13H,5-8,11H2. The Bertz CT molecular complexity index is 715. The summed E-state index contributed by atoms with van der Waals surface area (Å²) in [6.45, 7) is 1.88. The van der Waals surface area contributed by atoms with Crippen molar-refractivity contribution in [1.82, 2.24) is 4.98 Å². The second-order valence-electron chi connectivity index (χ2n) is 5.64. The van der Waals surface area contributed by atoms with Crippen molar-refractivity contribution < 1.29 is 14.4 Å². The van der Waals surface area contributed by atoms with Crippen LogP contribution in [0.15, 0.2) is 36.5 Å². The second kappa shape index (κ2) is 7.59. The van der Waals surface area contributed by atoms with E-state index in [0.717, 1.165) is 37.3 Å². The first-order valence-electron chi connectivity index (χ1n) is 7.73. The SMILES string of the molecule is O=[N+]([O-])c1ccc(OCc2ccc(C3CCOCC3)nc2)c(Cl)c1. The fourth-order valence-electron chi connectivity index (χ4n) is 2.64. The summed E-state index contributed by atoms with van der Waals surface area (Å²) in [5.41, 5.74) is 1.94. The molecule has 2 aromatic rings. The van der Waals surface area contributed by atoms with E-state index in [1.165, 1.54) is 18.2 Å². The van der Waals surface area contributed by atoms with E-state index in [9.17, 15) is 10.1 Å². The summed E-state index contributed by atoms with van der Waals surface area (Å²) in [6, 6.07) is 8.16. The van der Waals surface area contributed by atoms with E-state index in [1.54, 1.807) is 6.20 Å². The number of nitro groups is 1. The van der Waals surface area contributed by atoms with Crippen LogP contribution < -0.4 is 4.74 Å². The number of nitrogens with zero attached hydrogens (tertiary/aromatic N) is 2. The van der Waals surface area contributed by atoms with Gasteiger partial charge >= 0.3 is 0 Å². The monoisotopic (exact) mass is 348 g/mol. The van der Waals surface area contributed by atoms with Gasteiger partial charge in [-0.2, -0.15) is 0 Å². The van der Waals surface area contributed by atoms with E-state index < -0.39 is 4.92 Å². The third-order valence-electron chi connectivity index (χ3n) is 4.01. The van der Waals surface area contributed by atoms with Crippen LogP contribution in [0, 0.1) is 10.1 Å². The molecule has 0 saturated carbocycles. The summed E-state index contributed by atoms with van der Waals surface area (Å²) in [4.78, 5) is 14.7. The first kappa shape index (κ1) is 16.7. The Morgan fingerprint density at radius 3 is 2.71 bits per heavy atom. The number of hydrogen-bond donors (Lipinski definition) is 0. The summed E-state index contributed by atoms with van der Waals surface area (Å²) in [7, 11) is 0. The number of ether oxygens (including phenoxy) is 2. The Morgan fingerprint density at radius 1 is 1.29 bits per heavy atom. The first-order chi connectivity index (χ1) is 11.6. The van der Waals surface area contributed by atoms with Crippen LogP contribution >= 0.6 is 11.6 Å². The molecule has 0 unspecified atom stereocenters. The summed E-state index contributed by atoms with van der Waals surface area (Å²) in [5.74, 6) is 0.869. The molecule has 7 heteroatoms. The van der Waals surface area contributed by atoms with Crippen molar-refractivity contribution in [2.45, 2.75) is 25.4 Å². The number of nitro benzene ring substituents is 1. The molecule has 126 valence electrons. The Labute approximate surface area is 144 Å². The zero-order chi connectivity index (χ0) is 16.9. The number of rotatable bonds is 5. The van der Waals surface area contributed by atoms with Gasteiger partial charge in [-0.1, -0.05) is 17.7 Å². The minimum absolute atomic E-state index is 0.0603. The van der Waals surface area contributed by atoms with Gasteiger partial charge in [-0.15, -0.1) is 0 Å². The molecule has 6 nitrogen and oxygen atoms in total. The Hall–Kier alpha value is -2.18. The van der Waals surface area contributed by atoms with Gasteiger partial charge in [0.05, 0.1) is 9.95 Å². The maximum Gasteiger partial charge on any atom is 0.271 e. The molecule has 1 fully saturated rings. The number of halogens is 1. The van der Waals surface area contributed by atoms with Gasteiger partial charge in [0.1, 0.15) is 12.4 Å². The van der Waals surface area contributed by atoms with E-state index in [4.69, 9.17) is 21.1 Å². The molecule has 0 aliphatic carbocycles. The van der Waals surface area contributed by atoms with E-state index in [0.29, 0.717) is 18.3 Å². The molecule has 1 aliphatic heterocycles. The number of hydrogen-bond acceptors (Lipinski definition) is 5. The van der Waals surface area contributed by atoms with Crippen LogP contribution in [0.4, 0.5) is 5.69 Å². The third kappa shape index (κ3) is 4.01. The summed E-state index contributed by atoms with van der Waals surface area (Å²) < 4.78 is 11.0. The first-order valence-corrected chi connectivity index (χ1v) is 8.10. The van der Waals surface area contributed by atoms with Crippen LogP contribution in [0.25, 0.3) is 0 Å². The smallest absolute Gasteiger partial charge is 0.271 e. The number of non-ortho nitro benzene ring substituents is 1. The Balaban J connectivity index is 1.61. The highest BCUT2D eigenvalue weighted by atomic mass is 35.5. The Kier molecular flexibility index (Phi) is 5.27. The molecule has 1 saturated heterocycles. The summed E-state index contributed by atoms with van der Waals surface area (Å²) in [5, 5.41) is 10.9. The van der Waals surface area contributed by atoms with Crippen molar-refractivity contribution in [2.24, 2.45) is 0 Å². The highest BCUT2D eigenvalue weighted by Gasteiger charge is 2.17. The molecule has 1 aromatic carbocycles. The van der Waals surface area contributed by atoms with Crippen molar-refractivity contribution in [3.8, 4) is 5.75 Å². The van der Waals surface area contributed by atoms with E-state index >= 15 is 0 Å².